The number of carbonyl (C=O) groups is 2. The largest absolute Gasteiger partial charge is 0.481 e. The van der Waals surface area contributed by atoms with E-state index in [1.165, 1.54) is 0 Å². The molecule has 1 aromatic rings. The van der Waals surface area contributed by atoms with Crippen LogP contribution in [0.25, 0.3) is 0 Å². The molecule has 2 unspecified atom stereocenters. The summed E-state index contributed by atoms with van der Waals surface area (Å²) in [6, 6.07) is 0. The van der Waals surface area contributed by atoms with Crippen LogP contribution in [0.1, 0.15) is 30.5 Å². The Bertz CT molecular complexity index is 536. The fourth-order valence-corrected chi connectivity index (χ4v) is 2.63. The summed E-state index contributed by atoms with van der Waals surface area (Å²) in [5.74, 6) is -2.11. The zero-order valence-corrected chi connectivity index (χ0v) is 12.1. The number of carboxylic acids is 1. The molecule has 21 heavy (non-hydrogen) atoms. The van der Waals surface area contributed by atoms with Crippen LogP contribution in [0.15, 0.2) is 18.3 Å². The average molecular weight is 291 g/mol. The molecule has 0 aromatic carbocycles. The minimum atomic E-state index is -0.895. The lowest BCUT2D eigenvalue weighted by atomic mass is 9.82. The van der Waals surface area contributed by atoms with E-state index in [4.69, 9.17) is 5.11 Å². The molecule has 1 heterocycles. The maximum absolute atomic E-state index is 12.1. The number of amides is 1. The second-order valence-electron chi connectivity index (χ2n) is 5.41. The number of rotatable bonds is 6. The van der Waals surface area contributed by atoms with Gasteiger partial charge in [-0.25, -0.2) is 0 Å². The molecule has 0 saturated heterocycles. The number of hydrogen-bond acceptors (Lipinski definition) is 3. The average Bonchev–Trinajstić information content (AvgIpc) is 2.88. The minimum absolute atomic E-state index is 0.157. The van der Waals surface area contributed by atoms with Crippen molar-refractivity contribution in [2.24, 2.45) is 11.8 Å². The normalized spacial score (nSPS) is 21.2. The molecule has 1 aliphatic rings. The third-order valence-corrected chi connectivity index (χ3v) is 3.94. The second-order valence-corrected chi connectivity index (χ2v) is 5.41. The number of H-pyrrole nitrogens is 1. The minimum Gasteiger partial charge on any atom is -0.481 e. The van der Waals surface area contributed by atoms with Crippen LogP contribution < -0.4 is 5.32 Å². The molecule has 0 radical (unpaired) electrons. The van der Waals surface area contributed by atoms with Crippen molar-refractivity contribution in [1.29, 1.82) is 0 Å². The first kappa shape index (κ1) is 15.3. The molecule has 2 atom stereocenters. The fraction of sp³-hybridized carbons (Fsp3) is 0.533. The zero-order chi connectivity index (χ0) is 15.2. The lowest BCUT2D eigenvalue weighted by Crippen LogP contribution is -2.39. The Labute approximate surface area is 123 Å². The number of aliphatic carboxylic acids is 1. The van der Waals surface area contributed by atoms with E-state index in [1.54, 1.807) is 6.20 Å². The lowest BCUT2D eigenvalue weighted by molar-refractivity contribution is -0.147. The monoisotopic (exact) mass is 291 g/mol. The number of nitrogens with zero attached hydrogens (tertiary/aromatic N) is 1. The van der Waals surface area contributed by atoms with Gasteiger partial charge >= 0.3 is 5.97 Å². The van der Waals surface area contributed by atoms with Crippen LogP contribution in [0.4, 0.5) is 0 Å². The summed E-state index contributed by atoms with van der Waals surface area (Å²) < 4.78 is 0. The summed E-state index contributed by atoms with van der Waals surface area (Å²) >= 11 is 0. The number of allylic oxidation sites excluding steroid dienone is 2. The van der Waals surface area contributed by atoms with Gasteiger partial charge in [-0.05, 0) is 38.2 Å². The van der Waals surface area contributed by atoms with Gasteiger partial charge in [-0.2, -0.15) is 5.10 Å². The number of hydrogen-bond donors (Lipinski definition) is 3. The van der Waals surface area contributed by atoms with Crippen LogP contribution in [0, 0.1) is 18.8 Å². The lowest BCUT2D eigenvalue weighted by Gasteiger charge is -2.24. The number of carbonyl (C=O) groups excluding carboxylic acids is 1. The van der Waals surface area contributed by atoms with Crippen LogP contribution in [-0.4, -0.2) is 33.7 Å². The Hall–Kier alpha value is -2.11. The van der Waals surface area contributed by atoms with Crippen molar-refractivity contribution in [3.63, 3.8) is 0 Å². The van der Waals surface area contributed by atoms with E-state index in [9.17, 15) is 9.59 Å². The number of nitrogens with one attached hydrogen (secondary N) is 2. The van der Waals surface area contributed by atoms with E-state index >= 15 is 0 Å². The predicted molar refractivity (Wildman–Crippen MR) is 77.6 cm³/mol. The van der Waals surface area contributed by atoms with Gasteiger partial charge in [-0.15, -0.1) is 0 Å². The van der Waals surface area contributed by atoms with E-state index in [0.717, 1.165) is 24.1 Å². The molecule has 0 fully saturated rings. The highest BCUT2D eigenvalue weighted by Crippen LogP contribution is 2.25. The molecule has 6 heteroatoms. The molecule has 1 amide bonds. The maximum atomic E-state index is 12.1. The molecular weight excluding hydrogens is 270 g/mol. The van der Waals surface area contributed by atoms with Gasteiger partial charge in [0.25, 0.3) is 0 Å². The Morgan fingerprint density at radius 2 is 2.10 bits per heavy atom. The quantitative estimate of drug-likeness (QED) is 0.546. The van der Waals surface area contributed by atoms with Crippen LogP contribution >= 0.6 is 0 Å². The van der Waals surface area contributed by atoms with E-state index in [2.05, 4.69) is 15.5 Å². The highest BCUT2D eigenvalue weighted by molar-refractivity contribution is 5.85. The number of carboxylic acid groups (broad SMARTS) is 1. The van der Waals surface area contributed by atoms with Gasteiger partial charge in [0.1, 0.15) is 0 Å². The SMILES string of the molecule is Cc1[nH]ncc1CCCNC(=O)C1CC=CCC1C(=O)O. The molecule has 1 aromatic heterocycles. The van der Waals surface area contributed by atoms with Gasteiger partial charge < -0.3 is 10.4 Å². The van der Waals surface area contributed by atoms with Crippen molar-refractivity contribution in [3.05, 3.63) is 29.6 Å². The van der Waals surface area contributed by atoms with E-state index in [-0.39, 0.29) is 5.91 Å². The molecular formula is C15H21N3O3. The molecule has 6 nitrogen and oxygen atoms in total. The Kier molecular flexibility index (Phi) is 5.14. The summed E-state index contributed by atoms with van der Waals surface area (Å²) in [4.78, 5) is 23.3. The number of aromatic amines is 1. The second kappa shape index (κ2) is 7.06. The van der Waals surface area contributed by atoms with Gasteiger partial charge in [0.05, 0.1) is 18.0 Å². The van der Waals surface area contributed by atoms with E-state index < -0.39 is 17.8 Å². The van der Waals surface area contributed by atoms with Crippen molar-refractivity contribution in [1.82, 2.24) is 15.5 Å². The first-order valence-electron chi connectivity index (χ1n) is 7.24. The Balaban J connectivity index is 1.77. The first-order valence-corrected chi connectivity index (χ1v) is 7.24. The van der Waals surface area contributed by atoms with Crippen LogP contribution in [0.5, 0.6) is 0 Å². The van der Waals surface area contributed by atoms with Gasteiger partial charge in [0.15, 0.2) is 0 Å². The Morgan fingerprint density at radius 3 is 2.71 bits per heavy atom. The summed E-state index contributed by atoms with van der Waals surface area (Å²) in [5.41, 5.74) is 2.19. The number of aromatic nitrogens is 2. The molecule has 0 bridgehead atoms. The van der Waals surface area contributed by atoms with Gasteiger partial charge in [-0.1, -0.05) is 12.2 Å². The predicted octanol–water partition coefficient (Wildman–Crippen LogP) is 1.43. The molecule has 0 aliphatic heterocycles. The smallest absolute Gasteiger partial charge is 0.307 e. The molecule has 2 rings (SSSR count). The third-order valence-electron chi connectivity index (χ3n) is 3.94. The number of aryl methyl sites for hydroxylation is 2. The van der Waals surface area contributed by atoms with Crippen molar-refractivity contribution < 1.29 is 14.7 Å². The van der Waals surface area contributed by atoms with Gasteiger partial charge in [0.2, 0.25) is 5.91 Å². The third kappa shape index (κ3) is 3.93. The van der Waals surface area contributed by atoms with E-state index in [1.807, 2.05) is 19.1 Å². The van der Waals surface area contributed by atoms with Crippen LogP contribution in [-0.2, 0) is 16.0 Å². The standard InChI is InChI=1S/C15H21N3O3/c1-10-11(9-17-18-10)5-4-8-16-14(19)12-6-2-3-7-13(12)15(20)21/h2-3,9,12-13H,4-8H2,1H3,(H,16,19)(H,17,18)(H,20,21). The van der Waals surface area contributed by atoms with Crippen molar-refractivity contribution in [2.75, 3.05) is 6.54 Å². The molecule has 114 valence electrons. The van der Waals surface area contributed by atoms with Crippen molar-refractivity contribution in [3.8, 4) is 0 Å². The highest BCUT2D eigenvalue weighted by Gasteiger charge is 2.33. The van der Waals surface area contributed by atoms with Crippen LogP contribution in [0.3, 0.4) is 0 Å². The van der Waals surface area contributed by atoms with Gasteiger partial charge in [-0.3, -0.25) is 14.7 Å². The highest BCUT2D eigenvalue weighted by atomic mass is 16.4. The summed E-state index contributed by atoms with van der Waals surface area (Å²) in [6.07, 6.45) is 8.11. The fourth-order valence-electron chi connectivity index (χ4n) is 2.63. The molecule has 0 spiro atoms. The molecule has 1 aliphatic carbocycles. The van der Waals surface area contributed by atoms with Crippen molar-refractivity contribution >= 4 is 11.9 Å². The van der Waals surface area contributed by atoms with Gasteiger partial charge in [0, 0.05) is 12.2 Å². The summed E-state index contributed by atoms with van der Waals surface area (Å²) in [6.45, 7) is 2.52. The van der Waals surface area contributed by atoms with Crippen molar-refractivity contribution in [2.45, 2.75) is 32.6 Å². The maximum Gasteiger partial charge on any atom is 0.307 e. The topological polar surface area (TPSA) is 95.1 Å². The summed E-state index contributed by atoms with van der Waals surface area (Å²) in [7, 11) is 0. The molecule has 0 saturated carbocycles. The summed E-state index contributed by atoms with van der Waals surface area (Å²) in [5, 5.41) is 18.8. The Morgan fingerprint density at radius 1 is 1.38 bits per heavy atom. The molecule has 3 N–H and O–H groups in total. The zero-order valence-electron chi connectivity index (χ0n) is 12.1. The van der Waals surface area contributed by atoms with Crippen LogP contribution in [0.2, 0.25) is 0 Å². The van der Waals surface area contributed by atoms with E-state index in [0.29, 0.717) is 19.4 Å². The first-order chi connectivity index (χ1) is 10.1.